The van der Waals surface area contributed by atoms with E-state index in [1.807, 2.05) is 20.8 Å². The predicted octanol–water partition coefficient (Wildman–Crippen LogP) is 1.67. The maximum Gasteiger partial charge on any atom is 0.203 e. The zero-order valence-corrected chi connectivity index (χ0v) is 9.69. The van der Waals surface area contributed by atoms with Crippen LogP contribution in [0.15, 0.2) is 0 Å². The summed E-state index contributed by atoms with van der Waals surface area (Å²) in [6, 6.07) is 0. The summed E-state index contributed by atoms with van der Waals surface area (Å²) in [5.74, 6) is 0.855. The number of hydrogen-bond acceptors (Lipinski definition) is 5. The molecule has 5 heteroatoms. The first-order chi connectivity index (χ1) is 6.63. The molecule has 0 amide bonds. The van der Waals surface area contributed by atoms with Gasteiger partial charge in [0.1, 0.15) is 5.82 Å². The van der Waals surface area contributed by atoms with Gasteiger partial charge in [0.15, 0.2) is 0 Å². The van der Waals surface area contributed by atoms with E-state index < -0.39 is 0 Å². The molecular weight excluding hydrogens is 198 g/mol. The van der Waals surface area contributed by atoms with E-state index in [-0.39, 0.29) is 12.1 Å². The molecule has 2 N–H and O–H groups in total. The lowest BCUT2D eigenvalue weighted by molar-refractivity contribution is 0.219. The van der Waals surface area contributed by atoms with Crippen LogP contribution < -0.4 is 5.32 Å². The quantitative estimate of drug-likeness (QED) is 0.784. The van der Waals surface area contributed by atoms with E-state index in [1.165, 1.54) is 11.5 Å². The maximum absolute atomic E-state index is 9.20. The van der Waals surface area contributed by atoms with Gasteiger partial charge in [-0.05, 0) is 13.3 Å². The minimum absolute atomic E-state index is 0.102. The third-order valence-corrected chi connectivity index (χ3v) is 2.99. The van der Waals surface area contributed by atoms with E-state index in [4.69, 9.17) is 0 Å². The number of aromatic nitrogens is 2. The Morgan fingerprint density at radius 1 is 1.50 bits per heavy atom. The Bertz CT molecular complexity index is 283. The van der Waals surface area contributed by atoms with Gasteiger partial charge < -0.3 is 10.4 Å². The van der Waals surface area contributed by atoms with Gasteiger partial charge in [0.25, 0.3) is 0 Å². The van der Waals surface area contributed by atoms with Gasteiger partial charge in [-0.25, -0.2) is 4.98 Å². The summed E-state index contributed by atoms with van der Waals surface area (Å²) < 4.78 is 4.17. The molecule has 80 valence electrons. The molecule has 0 aliphatic rings. The van der Waals surface area contributed by atoms with E-state index in [2.05, 4.69) is 14.7 Å². The molecule has 1 heterocycles. The molecule has 1 rings (SSSR count). The van der Waals surface area contributed by atoms with E-state index in [1.54, 1.807) is 0 Å². The summed E-state index contributed by atoms with van der Waals surface area (Å²) in [4.78, 5) is 4.29. The number of rotatable bonds is 5. The monoisotopic (exact) mass is 215 g/mol. The fraction of sp³-hybridized carbons (Fsp3) is 0.778. The Kier molecular flexibility index (Phi) is 3.83. The molecule has 0 radical (unpaired) electrons. The topological polar surface area (TPSA) is 58.0 Å². The SMILES string of the molecule is CCc1nsc(NC(C)(CC)CO)n1. The van der Waals surface area contributed by atoms with Crippen LogP contribution in [0.25, 0.3) is 0 Å². The summed E-state index contributed by atoms with van der Waals surface area (Å²) >= 11 is 1.35. The van der Waals surface area contributed by atoms with Gasteiger partial charge in [0.05, 0.1) is 12.1 Å². The average Bonchev–Trinajstić information content (AvgIpc) is 2.65. The predicted molar refractivity (Wildman–Crippen MR) is 58.7 cm³/mol. The maximum atomic E-state index is 9.20. The van der Waals surface area contributed by atoms with Crippen LogP contribution in [-0.4, -0.2) is 26.6 Å². The van der Waals surface area contributed by atoms with Crippen molar-refractivity contribution in [1.82, 2.24) is 9.36 Å². The summed E-state index contributed by atoms with van der Waals surface area (Å²) in [5, 5.41) is 13.2. The molecule has 1 unspecified atom stereocenters. The van der Waals surface area contributed by atoms with Crippen molar-refractivity contribution in [3.05, 3.63) is 5.82 Å². The van der Waals surface area contributed by atoms with Gasteiger partial charge in [0, 0.05) is 18.0 Å². The molecule has 0 fully saturated rings. The second kappa shape index (κ2) is 4.70. The Morgan fingerprint density at radius 3 is 2.64 bits per heavy atom. The number of aliphatic hydroxyl groups is 1. The summed E-state index contributed by atoms with van der Waals surface area (Å²) in [5.41, 5.74) is -0.287. The van der Waals surface area contributed by atoms with E-state index >= 15 is 0 Å². The van der Waals surface area contributed by atoms with E-state index in [0.29, 0.717) is 0 Å². The second-order valence-corrected chi connectivity index (χ2v) is 4.32. The van der Waals surface area contributed by atoms with Crippen molar-refractivity contribution < 1.29 is 5.11 Å². The van der Waals surface area contributed by atoms with Crippen molar-refractivity contribution in [3.63, 3.8) is 0 Å². The van der Waals surface area contributed by atoms with Gasteiger partial charge in [-0.3, -0.25) is 0 Å². The highest BCUT2D eigenvalue weighted by molar-refractivity contribution is 7.09. The number of hydrogen-bond donors (Lipinski definition) is 2. The lowest BCUT2D eigenvalue weighted by Gasteiger charge is -2.26. The molecule has 4 nitrogen and oxygen atoms in total. The van der Waals surface area contributed by atoms with Crippen molar-refractivity contribution >= 4 is 16.7 Å². The van der Waals surface area contributed by atoms with Crippen LogP contribution in [0.4, 0.5) is 5.13 Å². The number of anilines is 1. The van der Waals surface area contributed by atoms with Crippen LogP contribution in [-0.2, 0) is 6.42 Å². The highest BCUT2D eigenvalue weighted by Crippen LogP contribution is 2.19. The zero-order valence-electron chi connectivity index (χ0n) is 8.87. The number of nitrogens with one attached hydrogen (secondary N) is 1. The van der Waals surface area contributed by atoms with Crippen molar-refractivity contribution in [2.75, 3.05) is 11.9 Å². The molecule has 1 atom stereocenters. The van der Waals surface area contributed by atoms with Crippen molar-refractivity contribution in [1.29, 1.82) is 0 Å². The number of aliphatic hydroxyl groups excluding tert-OH is 1. The Balaban J connectivity index is 2.67. The van der Waals surface area contributed by atoms with E-state index in [0.717, 1.165) is 23.8 Å². The average molecular weight is 215 g/mol. The number of nitrogens with zero attached hydrogens (tertiary/aromatic N) is 2. The van der Waals surface area contributed by atoms with Crippen LogP contribution in [0.5, 0.6) is 0 Å². The Labute approximate surface area is 88.6 Å². The molecule has 0 saturated heterocycles. The lowest BCUT2D eigenvalue weighted by Crippen LogP contribution is -2.37. The van der Waals surface area contributed by atoms with Crippen LogP contribution in [0.3, 0.4) is 0 Å². The van der Waals surface area contributed by atoms with Gasteiger partial charge in [-0.1, -0.05) is 13.8 Å². The molecular formula is C9H17N3OS. The summed E-state index contributed by atoms with van der Waals surface area (Å²) in [6.07, 6.45) is 1.70. The van der Waals surface area contributed by atoms with Crippen LogP contribution in [0, 0.1) is 0 Å². The fourth-order valence-electron chi connectivity index (χ4n) is 0.946. The van der Waals surface area contributed by atoms with Crippen molar-refractivity contribution in [3.8, 4) is 0 Å². The summed E-state index contributed by atoms with van der Waals surface area (Å²) in [6.45, 7) is 6.13. The standard InChI is InChI=1S/C9H17N3OS/c1-4-7-10-8(14-12-7)11-9(3,5-2)6-13/h13H,4-6H2,1-3H3,(H,10,11,12). The smallest absolute Gasteiger partial charge is 0.203 e. The third-order valence-electron chi connectivity index (χ3n) is 2.32. The molecule has 0 aliphatic carbocycles. The Morgan fingerprint density at radius 2 is 2.21 bits per heavy atom. The van der Waals surface area contributed by atoms with Crippen LogP contribution >= 0.6 is 11.5 Å². The van der Waals surface area contributed by atoms with Crippen molar-refractivity contribution in [2.24, 2.45) is 0 Å². The molecule has 1 aromatic rings. The number of aryl methyl sites for hydroxylation is 1. The van der Waals surface area contributed by atoms with Gasteiger partial charge in [-0.15, -0.1) is 0 Å². The molecule has 0 aliphatic heterocycles. The first-order valence-corrected chi connectivity index (χ1v) is 5.62. The molecule has 0 aromatic carbocycles. The zero-order chi connectivity index (χ0) is 10.6. The van der Waals surface area contributed by atoms with Gasteiger partial charge in [-0.2, -0.15) is 4.37 Å². The van der Waals surface area contributed by atoms with E-state index in [9.17, 15) is 5.11 Å². The molecule has 14 heavy (non-hydrogen) atoms. The van der Waals surface area contributed by atoms with Crippen molar-refractivity contribution in [2.45, 2.75) is 39.2 Å². The van der Waals surface area contributed by atoms with Gasteiger partial charge in [0.2, 0.25) is 5.13 Å². The van der Waals surface area contributed by atoms with Crippen LogP contribution in [0.1, 0.15) is 33.0 Å². The molecule has 0 spiro atoms. The molecule has 0 saturated carbocycles. The fourth-order valence-corrected chi connectivity index (χ4v) is 1.75. The molecule has 0 bridgehead atoms. The highest BCUT2D eigenvalue weighted by Gasteiger charge is 2.21. The molecule has 1 aromatic heterocycles. The Hall–Kier alpha value is -0.680. The minimum Gasteiger partial charge on any atom is -0.394 e. The first-order valence-electron chi connectivity index (χ1n) is 4.85. The second-order valence-electron chi connectivity index (χ2n) is 3.57. The lowest BCUT2D eigenvalue weighted by atomic mass is 10.0. The minimum atomic E-state index is -0.287. The van der Waals surface area contributed by atoms with Crippen LogP contribution in [0.2, 0.25) is 0 Å². The first kappa shape index (κ1) is 11.4. The normalized spacial score (nSPS) is 15.1. The summed E-state index contributed by atoms with van der Waals surface area (Å²) in [7, 11) is 0. The largest absolute Gasteiger partial charge is 0.394 e. The van der Waals surface area contributed by atoms with Gasteiger partial charge >= 0.3 is 0 Å². The third kappa shape index (κ3) is 2.65. The highest BCUT2D eigenvalue weighted by atomic mass is 32.1.